The number of nitro groups is 1. The first-order valence-electron chi connectivity index (χ1n) is 8.91. The predicted molar refractivity (Wildman–Crippen MR) is 111 cm³/mol. The number of nitro benzene ring substituents is 1. The Morgan fingerprint density at radius 1 is 1.00 bits per heavy atom. The topological polar surface area (TPSA) is 93.8 Å². The molecule has 0 atom stereocenters. The second-order valence-corrected chi connectivity index (χ2v) is 6.30. The Labute approximate surface area is 167 Å². The molecule has 7 nitrogen and oxygen atoms in total. The van der Waals surface area contributed by atoms with Gasteiger partial charge in [0.2, 0.25) is 0 Å². The van der Waals surface area contributed by atoms with Crippen LogP contribution in [0.3, 0.4) is 0 Å². The van der Waals surface area contributed by atoms with Gasteiger partial charge >= 0.3 is 5.97 Å². The molecule has 0 radical (unpaired) electrons. The van der Waals surface area contributed by atoms with Crippen molar-refractivity contribution in [1.29, 1.82) is 0 Å². The van der Waals surface area contributed by atoms with Gasteiger partial charge in [0, 0.05) is 29.8 Å². The highest BCUT2D eigenvalue weighted by atomic mass is 16.6. The van der Waals surface area contributed by atoms with Gasteiger partial charge in [-0.3, -0.25) is 15.5 Å². The quantitative estimate of drug-likeness (QED) is 0.205. The SMILES string of the molecule is C/C(Cc1ccccc1OC(=O)c1ccccc1)=N\Nc1ccc([N+](=O)[O-])cc1. The number of nitrogens with one attached hydrogen (secondary N) is 1. The Kier molecular flexibility index (Phi) is 6.32. The van der Waals surface area contributed by atoms with Crippen LogP contribution in [0.25, 0.3) is 0 Å². The van der Waals surface area contributed by atoms with Crippen molar-refractivity contribution in [3.63, 3.8) is 0 Å². The molecule has 29 heavy (non-hydrogen) atoms. The molecule has 7 heteroatoms. The fraction of sp³-hybridized carbons (Fsp3) is 0.0909. The van der Waals surface area contributed by atoms with E-state index in [1.54, 1.807) is 48.5 Å². The van der Waals surface area contributed by atoms with Crippen LogP contribution in [-0.2, 0) is 6.42 Å². The average molecular weight is 389 g/mol. The highest BCUT2D eigenvalue weighted by Gasteiger charge is 2.12. The molecule has 1 N–H and O–H groups in total. The second-order valence-electron chi connectivity index (χ2n) is 6.30. The lowest BCUT2D eigenvalue weighted by atomic mass is 10.1. The van der Waals surface area contributed by atoms with E-state index in [9.17, 15) is 14.9 Å². The number of non-ortho nitro benzene ring substituents is 1. The zero-order valence-corrected chi connectivity index (χ0v) is 15.7. The number of hydrazone groups is 1. The van der Waals surface area contributed by atoms with Crippen LogP contribution in [-0.4, -0.2) is 16.6 Å². The van der Waals surface area contributed by atoms with E-state index in [0.717, 1.165) is 11.3 Å². The maximum Gasteiger partial charge on any atom is 0.343 e. The number of esters is 1. The summed E-state index contributed by atoms with van der Waals surface area (Å²) < 4.78 is 5.55. The normalized spacial score (nSPS) is 11.0. The number of hydrogen-bond acceptors (Lipinski definition) is 6. The molecule has 0 saturated heterocycles. The fourth-order valence-corrected chi connectivity index (χ4v) is 2.62. The van der Waals surface area contributed by atoms with Gasteiger partial charge in [-0.15, -0.1) is 0 Å². The van der Waals surface area contributed by atoms with E-state index in [1.807, 2.05) is 25.1 Å². The lowest BCUT2D eigenvalue weighted by Crippen LogP contribution is -2.11. The number of para-hydroxylation sites is 1. The molecule has 3 aromatic carbocycles. The number of rotatable bonds is 7. The largest absolute Gasteiger partial charge is 0.423 e. The molecule has 0 aliphatic rings. The molecule has 0 spiro atoms. The van der Waals surface area contributed by atoms with Crippen molar-refractivity contribution in [3.8, 4) is 5.75 Å². The van der Waals surface area contributed by atoms with E-state index in [-0.39, 0.29) is 5.69 Å². The number of anilines is 1. The summed E-state index contributed by atoms with van der Waals surface area (Å²) in [6.07, 6.45) is 0.470. The molecule has 0 amide bonds. The Morgan fingerprint density at radius 2 is 1.66 bits per heavy atom. The Morgan fingerprint density at radius 3 is 2.34 bits per heavy atom. The lowest BCUT2D eigenvalue weighted by Gasteiger charge is -2.10. The van der Waals surface area contributed by atoms with Gasteiger partial charge in [-0.1, -0.05) is 36.4 Å². The summed E-state index contributed by atoms with van der Waals surface area (Å²) in [5, 5.41) is 15.0. The monoisotopic (exact) mass is 389 g/mol. The van der Waals surface area contributed by atoms with Gasteiger partial charge < -0.3 is 4.74 Å². The second kappa shape index (κ2) is 9.27. The molecular weight excluding hydrogens is 370 g/mol. The van der Waals surface area contributed by atoms with E-state index in [1.165, 1.54) is 12.1 Å². The summed E-state index contributed by atoms with van der Waals surface area (Å²) in [6.45, 7) is 1.84. The van der Waals surface area contributed by atoms with Gasteiger partial charge in [0.1, 0.15) is 5.75 Å². The molecule has 146 valence electrons. The molecule has 3 aromatic rings. The van der Waals surface area contributed by atoms with Crippen molar-refractivity contribution in [2.24, 2.45) is 5.10 Å². The first kappa shape index (κ1) is 19.8. The average Bonchev–Trinajstić information content (AvgIpc) is 2.74. The molecule has 0 aliphatic carbocycles. The Hall–Kier alpha value is -4.00. The van der Waals surface area contributed by atoms with Crippen molar-refractivity contribution >= 4 is 23.1 Å². The number of hydrogen-bond donors (Lipinski definition) is 1. The number of benzene rings is 3. The van der Waals surface area contributed by atoms with Gasteiger partial charge in [-0.2, -0.15) is 5.10 Å². The number of carbonyl (C=O) groups is 1. The van der Waals surface area contributed by atoms with Crippen LogP contribution >= 0.6 is 0 Å². The van der Waals surface area contributed by atoms with Crippen LogP contribution in [0, 0.1) is 10.1 Å². The molecule has 3 rings (SSSR count). The number of ether oxygens (including phenoxy) is 1. The highest BCUT2D eigenvalue weighted by molar-refractivity contribution is 5.91. The van der Waals surface area contributed by atoms with Crippen LogP contribution in [0.1, 0.15) is 22.8 Å². The molecule has 0 aromatic heterocycles. The van der Waals surface area contributed by atoms with Crippen LogP contribution in [0.5, 0.6) is 5.75 Å². The first-order valence-corrected chi connectivity index (χ1v) is 8.91. The standard InChI is InChI=1S/C22H19N3O4/c1-16(23-24-19-11-13-20(14-12-19)25(27)28)15-18-9-5-6-10-21(18)29-22(26)17-7-3-2-4-8-17/h2-14,24H,15H2,1H3/b23-16+. The van der Waals surface area contributed by atoms with Crippen molar-refractivity contribution in [2.75, 3.05) is 5.43 Å². The summed E-state index contributed by atoms with van der Waals surface area (Å²) in [4.78, 5) is 22.6. The summed E-state index contributed by atoms with van der Waals surface area (Å²) in [5.74, 6) is 0.0582. The minimum atomic E-state index is -0.452. The maximum atomic E-state index is 12.3. The fourth-order valence-electron chi connectivity index (χ4n) is 2.62. The predicted octanol–water partition coefficient (Wildman–Crippen LogP) is 4.84. The summed E-state index contributed by atoms with van der Waals surface area (Å²) in [6, 6.07) is 22.1. The van der Waals surface area contributed by atoms with Crippen LogP contribution < -0.4 is 10.2 Å². The van der Waals surface area contributed by atoms with Crippen molar-refractivity contribution in [2.45, 2.75) is 13.3 Å². The van der Waals surface area contributed by atoms with E-state index in [4.69, 9.17) is 4.74 Å². The van der Waals surface area contributed by atoms with E-state index >= 15 is 0 Å². The lowest BCUT2D eigenvalue weighted by molar-refractivity contribution is -0.384. The third kappa shape index (κ3) is 5.49. The van der Waals surface area contributed by atoms with Gasteiger partial charge in [0.25, 0.3) is 5.69 Å². The zero-order valence-electron chi connectivity index (χ0n) is 15.7. The third-order valence-electron chi connectivity index (χ3n) is 4.09. The maximum absolute atomic E-state index is 12.3. The number of carbonyl (C=O) groups excluding carboxylic acids is 1. The molecular formula is C22H19N3O4. The van der Waals surface area contributed by atoms with Crippen LogP contribution in [0.15, 0.2) is 84.0 Å². The van der Waals surface area contributed by atoms with Crippen LogP contribution in [0.2, 0.25) is 0 Å². The van der Waals surface area contributed by atoms with Crippen LogP contribution in [0.4, 0.5) is 11.4 Å². The van der Waals surface area contributed by atoms with Crippen molar-refractivity contribution < 1.29 is 14.5 Å². The van der Waals surface area contributed by atoms with E-state index in [2.05, 4.69) is 10.5 Å². The summed E-state index contributed by atoms with van der Waals surface area (Å²) >= 11 is 0. The Bertz CT molecular complexity index is 1030. The number of nitrogens with zero attached hydrogens (tertiary/aromatic N) is 2. The molecule has 0 unspecified atom stereocenters. The third-order valence-corrected chi connectivity index (χ3v) is 4.09. The van der Waals surface area contributed by atoms with Crippen molar-refractivity contribution in [3.05, 3.63) is 100 Å². The molecule has 0 heterocycles. The van der Waals surface area contributed by atoms with Gasteiger partial charge in [-0.05, 0) is 37.3 Å². The van der Waals surface area contributed by atoms with E-state index in [0.29, 0.717) is 23.4 Å². The smallest absolute Gasteiger partial charge is 0.343 e. The molecule has 0 bridgehead atoms. The van der Waals surface area contributed by atoms with Crippen molar-refractivity contribution in [1.82, 2.24) is 0 Å². The minimum absolute atomic E-state index is 0.0189. The summed E-state index contributed by atoms with van der Waals surface area (Å²) in [7, 11) is 0. The van der Waals surface area contributed by atoms with Gasteiger partial charge in [0.15, 0.2) is 0 Å². The Balaban J connectivity index is 1.67. The molecule has 0 saturated carbocycles. The highest BCUT2D eigenvalue weighted by Crippen LogP contribution is 2.21. The summed E-state index contributed by atoms with van der Waals surface area (Å²) in [5.41, 5.74) is 5.59. The van der Waals surface area contributed by atoms with Gasteiger partial charge in [-0.25, -0.2) is 4.79 Å². The minimum Gasteiger partial charge on any atom is -0.423 e. The molecule has 0 aliphatic heterocycles. The van der Waals surface area contributed by atoms with E-state index < -0.39 is 10.9 Å². The molecule has 0 fully saturated rings. The zero-order chi connectivity index (χ0) is 20.6. The first-order chi connectivity index (χ1) is 14.0. The van der Waals surface area contributed by atoms with Gasteiger partial charge in [0.05, 0.1) is 16.2 Å².